The van der Waals surface area contributed by atoms with Crippen LogP contribution in [0, 0.1) is 6.92 Å². The van der Waals surface area contributed by atoms with Crippen molar-refractivity contribution in [2.24, 2.45) is 0 Å². The minimum Gasteiger partial charge on any atom is -0.370 e. The third kappa shape index (κ3) is 3.56. The average molecular weight is 369 g/mol. The summed E-state index contributed by atoms with van der Waals surface area (Å²) in [5, 5.41) is 13.3. The minimum atomic E-state index is -0.0620. The second kappa shape index (κ2) is 7.43. The Morgan fingerprint density at radius 3 is 2.92 bits per heavy atom. The van der Waals surface area contributed by atoms with E-state index >= 15 is 0 Å². The molecule has 134 valence electrons. The first-order chi connectivity index (χ1) is 12.7. The van der Waals surface area contributed by atoms with Gasteiger partial charge in [-0.2, -0.15) is 9.61 Å². The van der Waals surface area contributed by atoms with Crippen molar-refractivity contribution in [2.45, 2.75) is 18.1 Å². The van der Waals surface area contributed by atoms with Gasteiger partial charge in [-0.15, -0.1) is 10.2 Å². The summed E-state index contributed by atoms with van der Waals surface area (Å²) in [5.74, 6) is 1.18. The van der Waals surface area contributed by atoms with Crippen LogP contribution in [-0.4, -0.2) is 56.1 Å². The van der Waals surface area contributed by atoms with Gasteiger partial charge in [-0.25, -0.2) is 0 Å². The molecular formula is C18H19N5O2S. The number of rotatable bonds is 4. The Hall–Kier alpha value is -2.45. The SMILES string of the molecule is Cc1nnc2ccc(SCC(=O)N3CCO[C@H](c4ccccc4)C3)nn12. The van der Waals surface area contributed by atoms with E-state index in [0.29, 0.717) is 31.1 Å². The van der Waals surface area contributed by atoms with Crippen molar-refractivity contribution in [1.29, 1.82) is 0 Å². The van der Waals surface area contributed by atoms with Crippen molar-refractivity contribution in [3.63, 3.8) is 0 Å². The summed E-state index contributed by atoms with van der Waals surface area (Å²) >= 11 is 1.43. The zero-order valence-corrected chi connectivity index (χ0v) is 15.2. The number of fused-ring (bicyclic) bond motifs is 1. The summed E-state index contributed by atoms with van der Waals surface area (Å²) in [4.78, 5) is 14.5. The second-order valence-electron chi connectivity index (χ2n) is 6.09. The lowest BCUT2D eigenvalue weighted by atomic mass is 10.1. The van der Waals surface area contributed by atoms with E-state index in [4.69, 9.17) is 4.74 Å². The maximum absolute atomic E-state index is 12.6. The fourth-order valence-electron chi connectivity index (χ4n) is 2.93. The van der Waals surface area contributed by atoms with E-state index in [0.717, 1.165) is 16.4 Å². The van der Waals surface area contributed by atoms with E-state index in [9.17, 15) is 4.79 Å². The lowest BCUT2D eigenvalue weighted by Gasteiger charge is -2.33. The van der Waals surface area contributed by atoms with Gasteiger partial charge in [-0.05, 0) is 24.6 Å². The highest BCUT2D eigenvalue weighted by Gasteiger charge is 2.25. The molecule has 1 atom stereocenters. The predicted molar refractivity (Wildman–Crippen MR) is 98.0 cm³/mol. The van der Waals surface area contributed by atoms with Crippen LogP contribution in [0.3, 0.4) is 0 Å². The van der Waals surface area contributed by atoms with E-state index in [2.05, 4.69) is 15.3 Å². The van der Waals surface area contributed by atoms with Gasteiger partial charge < -0.3 is 9.64 Å². The van der Waals surface area contributed by atoms with Crippen LogP contribution >= 0.6 is 11.8 Å². The molecule has 1 aromatic carbocycles. The van der Waals surface area contributed by atoms with Gasteiger partial charge in [0.2, 0.25) is 5.91 Å². The maximum Gasteiger partial charge on any atom is 0.233 e. The number of aromatic nitrogens is 4. The standard InChI is InChI=1S/C18H19N5O2S/c1-13-19-20-16-7-8-17(21-23(13)16)26-12-18(24)22-9-10-25-15(11-22)14-5-3-2-4-6-14/h2-8,15H,9-12H2,1H3/t15-/m0/s1. The molecular weight excluding hydrogens is 350 g/mol. The molecule has 3 heterocycles. The van der Waals surface area contributed by atoms with Crippen molar-refractivity contribution >= 4 is 23.3 Å². The lowest BCUT2D eigenvalue weighted by molar-refractivity contribution is -0.136. The van der Waals surface area contributed by atoms with E-state index in [1.54, 1.807) is 4.52 Å². The molecule has 1 amide bonds. The molecule has 0 N–H and O–H groups in total. The second-order valence-corrected chi connectivity index (χ2v) is 7.08. The van der Waals surface area contributed by atoms with E-state index in [1.807, 2.05) is 54.3 Å². The van der Waals surface area contributed by atoms with Crippen molar-refractivity contribution in [3.05, 3.63) is 53.9 Å². The Bertz CT molecular complexity index is 914. The summed E-state index contributed by atoms with van der Waals surface area (Å²) in [6, 6.07) is 13.8. The van der Waals surface area contributed by atoms with E-state index in [-0.39, 0.29) is 12.0 Å². The molecule has 7 nitrogen and oxygen atoms in total. The molecule has 2 aromatic heterocycles. The van der Waals surface area contributed by atoms with Gasteiger partial charge in [0.25, 0.3) is 0 Å². The van der Waals surface area contributed by atoms with Crippen LogP contribution in [0.25, 0.3) is 5.65 Å². The minimum absolute atomic E-state index is 0.0620. The highest BCUT2D eigenvalue weighted by atomic mass is 32.2. The molecule has 1 fully saturated rings. The fraction of sp³-hybridized carbons (Fsp3) is 0.333. The van der Waals surface area contributed by atoms with Gasteiger partial charge in [0.05, 0.1) is 18.9 Å². The summed E-state index contributed by atoms with van der Waals surface area (Å²) in [7, 11) is 0. The quantitative estimate of drug-likeness (QED) is 0.656. The van der Waals surface area contributed by atoms with Gasteiger partial charge in [-0.1, -0.05) is 42.1 Å². The first-order valence-electron chi connectivity index (χ1n) is 8.47. The Labute approximate surface area is 155 Å². The van der Waals surface area contributed by atoms with Gasteiger partial charge in [0, 0.05) is 6.54 Å². The average Bonchev–Trinajstić information content (AvgIpc) is 3.07. The molecule has 3 aromatic rings. The van der Waals surface area contributed by atoms with Gasteiger partial charge >= 0.3 is 0 Å². The van der Waals surface area contributed by atoms with Crippen LogP contribution in [-0.2, 0) is 9.53 Å². The molecule has 1 saturated heterocycles. The third-order valence-corrected chi connectivity index (χ3v) is 5.23. The van der Waals surface area contributed by atoms with Crippen LogP contribution in [0.15, 0.2) is 47.5 Å². The highest BCUT2D eigenvalue weighted by molar-refractivity contribution is 7.99. The number of hydrogen-bond acceptors (Lipinski definition) is 6. The molecule has 26 heavy (non-hydrogen) atoms. The molecule has 4 rings (SSSR count). The number of benzene rings is 1. The molecule has 1 aliphatic rings. The van der Waals surface area contributed by atoms with Crippen LogP contribution < -0.4 is 0 Å². The number of amides is 1. The Morgan fingerprint density at radius 2 is 2.08 bits per heavy atom. The van der Waals surface area contributed by atoms with Gasteiger partial charge in [0.1, 0.15) is 11.1 Å². The highest BCUT2D eigenvalue weighted by Crippen LogP contribution is 2.23. The van der Waals surface area contributed by atoms with E-state index < -0.39 is 0 Å². The summed E-state index contributed by atoms with van der Waals surface area (Å²) in [6.07, 6.45) is -0.0620. The summed E-state index contributed by atoms with van der Waals surface area (Å²) in [6.45, 7) is 3.62. The van der Waals surface area contributed by atoms with Crippen LogP contribution in [0.5, 0.6) is 0 Å². The Balaban J connectivity index is 1.38. The van der Waals surface area contributed by atoms with Gasteiger partial charge in [-0.3, -0.25) is 4.79 Å². The third-order valence-electron chi connectivity index (χ3n) is 4.33. The molecule has 0 unspecified atom stereocenters. The summed E-state index contributed by atoms with van der Waals surface area (Å²) < 4.78 is 7.52. The molecule has 0 bridgehead atoms. The summed E-state index contributed by atoms with van der Waals surface area (Å²) in [5.41, 5.74) is 1.81. The Morgan fingerprint density at radius 1 is 1.23 bits per heavy atom. The molecule has 0 saturated carbocycles. The molecule has 8 heteroatoms. The van der Waals surface area contributed by atoms with Crippen LogP contribution in [0.4, 0.5) is 0 Å². The zero-order chi connectivity index (χ0) is 17.9. The number of carbonyl (C=O) groups excluding carboxylic acids is 1. The molecule has 1 aliphatic heterocycles. The fourth-order valence-corrected chi connectivity index (χ4v) is 3.69. The molecule has 0 aliphatic carbocycles. The smallest absolute Gasteiger partial charge is 0.233 e. The lowest BCUT2D eigenvalue weighted by Crippen LogP contribution is -2.43. The molecule has 0 radical (unpaired) electrons. The van der Waals surface area contributed by atoms with E-state index in [1.165, 1.54) is 11.8 Å². The van der Waals surface area contributed by atoms with Gasteiger partial charge in [0.15, 0.2) is 11.5 Å². The van der Waals surface area contributed by atoms with Crippen molar-refractivity contribution < 1.29 is 9.53 Å². The van der Waals surface area contributed by atoms with Crippen LogP contribution in [0.2, 0.25) is 0 Å². The van der Waals surface area contributed by atoms with Crippen molar-refractivity contribution in [2.75, 3.05) is 25.4 Å². The number of nitrogens with zero attached hydrogens (tertiary/aromatic N) is 5. The number of carbonyl (C=O) groups is 1. The number of morpholine rings is 1. The predicted octanol–water partition coefficient (Wildman–Crippen LogP) is 2.12. The topological polar surface area (TPSA) is 72.6 Å². The van der Waals surface area contributed by atoms with Crippen LogP contribution in [0.1, 0.15) is 17.5 Å². The molecule has 0 spiro atoms. The normalized spacial score (nSPS) is 17.6. The van der Waals surface area contributed by atoms with Crippen molar-refractivity contribution in [1.82, 2.24) is 24.7 Å². The van der Waals surface area contributed by atoms with Crippen molar-refractivity contribution in [3.8, 4) is 0 Å². The maximum atomic E-state index is 12.6. The number of thioether (sulfide) groups is 1. The monoisotopic (exact) mass is 369 g/mol. The first-order valence-corrected chi connectivity index (χ1v) is 9.45. The number of aryl methyl sites for hydroxylation is 1. The Kier molecular flexibility index (Phi) is 4.85. The first kappa shape index (κ1) is 17.0. The number of hydrogen-bond donors (Lipinski definition) is 0. The number of ether oxygens (including phenoxy) is 1. The largest absolute Gasteiger partial charge is 0.370 e. The zero-order valence-electron chi connectivity index (χ0n) is 14.4.